The Balaban J connectivity index is 1.69. The number of aryl methyl sites for hydroxylation is 1. The van der Waals surface area contributed by atoms with Crippen LogP contribution in [0.1, 0.15) is 37.3 Å². The molecule has 2 heterocycles. The Bertz CT molecular complexity index is 892. The van der Waals surface area contributed by atoms with Crippen LogP contribution >= 0.6 is 12.2 Å². The first-order chi connectivity index (χ1) is 14.6. The lowest BCUT2D eigenvalue weighted by Crippen LogP contribution is -2.43. The van der Waals surface area contributed by atoms with Gasteiger partial charge in [-0.3, -0.25) is 9.69 Å². The lowest BCUT2D eigenvalue weighted by atomic mass is 10.1. The van der Waals surface area contributed by atoms with E-state index < -0.39 is 0 Å². The number of hydrogen-bond donors (Lipinski definition) is 2. The van der Waals surface area contributed by atoms with Crippen molar-refractivity contribution in [3.63, 3.8) is 0 Å². The van der Waals surface area contributed by atoms with Crippen LogP contribution < -0.4 is 10.9 Å². The number of nitrogens with one attached hydrogen (secondary N) is 2. The highest BCUT2D eigenvalue weighted by atomic mass is 32.1. The van der Waals surface area contributed by atoms with Crippen molar-refractivity contribution in [2.45, 2.75) is 39.7 Å². The van der Waals surface area contributed by atoms with Crippen molar-refractivity contribution in [1.82, 2.24) is 20.1 Å². The van der Waals surface area contributed by atoms with Gasteiger partial charge in [0.2, 0.25) is 0 Å². The summed E-state index contributed by atoms with van der Waals surface area (Å²) in [4.78, 5) is 20.3. The zero-order chi connectivity index (χ0) is 21.3. The maximum Gasteiger partial charge on any atom is 0.253 e. The maximum absolute atomic E-state index is 12.7. The molecule has 1 aromatic heterocycles. The van der Waals surface area contributed by atoms with E-state index in [1.807, 2.05) is 19.1 Å². The van der Waals surface area contributed by atoms with E-state index in [2.05, 4.69) is 39.2 Å². The highest BCUT2D eigenvalue weighted by Crippen LogP contribution is 2.14. The first kappa shape index (κ1) is 22.7. The molecule has 0 spiro atoms. The number of unbranched alkanes of at least 4 members (excludes halogenated alkanes) is 1. The maximum atomic E-state index is 12.7. The Morgan fingerprint density at radius 1 is 1.27 bits per heavy atom. The van der Waals surface area contributed by atoms with Crippen LogP contribution in [0.3, 0.4) is 0 Å². The van der Waals surface area contributed by atoms with Gasteiger partial charge in [-0.15, -0.1) is 0 Å². The monoisotopic (exact) mass is 430 g/mol. The normalized spacial score (nSPS) is 14.7. The fourth-order valence-electron chi connectivity index (χ4n) is 3.73. The second-order valence-electron chi connectivity index (χ2n) is 8.03. The van der Waals surface area contributed by atoms with Gasteiger partial charge in [0.05, 0.1) is 19.8 Å². The minimum Gasteiger partial charge on any atom is -0.379 e. The molecule has 2 aromatic rings. The van der Waals surface area contributed by atoms with Crippen molar-refractivity contribution in [2.75, 3.05) is 45.9 Å². The Morgan fingerprint density at radius 3 is 2.83 bits per heavy atom. The number of nitrogens with zero attached hydrogens (tertiary/aromatic N) is 2. The highest BCUT2D eigenvalue weighted by Gasteiger charge is 2.15. The van der Waals surface area contributed by atoms with Crippen LogP contribution in [-0.4, -0.2) is 65.8 Å². The van der Waals surface area contributed by atoms with Crippen molar-refractivity contribution in [2.24, 2.45) is 0 Å². The first-order valence-electron chi connectivity index (χ1n) is 11.0. The van der Waals surface area contributed by atoms with Crippen molar-refractivity contribution >= 4 is 28.2 Å². The second kappa shape index (κ2) is 11.4. The molecule has 30 heavy (non-hydrogen) atoms. The highest BCUT2D eigenvalue weighted by molar-refractivity contribution is 7.80. The molecule has 1 fully saturated rings. The van der Waals surface area contributed by atoms with E-state index in [0.717, 1.165) is 92.3 Å². The lowest BCUT2D eigenvalue weighted by molar-refractivity contribution is 0.0367. The number of aromatic nitrogens is 1. The van der Waals surface area contributed by atoms with Crippen molar-refractivity contribution in [3.8, 4) is 0 Å². The number of hydrogen-bond acceptors (Lipinski definition) is 4. The van der Waals surface area contributed by atoms with Gasteiger partial charge in [-0.25, -0.2) is 0 Å². The third-order valence-electron chi connectivity index (χ3n) is 5.54. The van der Waals surface area contributed by atoms with Gasteiger partial charge in [-0.1, -0.05) is 25.5 Å². The molecule has 164 valence electrons. The molecule has 0 amide bonds. The summed E-state index contributed by atoms with van der Waals surface area (Å²) >= 11 is 5.68. The predicted octanol–water partition coefficient (Wildman–Crippen LogP) is 3.04. The number of benzene rings is 1. The Hall–Kier alpha value is -1.96. The van der Waals surface area contributed by atoms with Gasteiger partial charge in [0.1, 0.15) is 0 Å². The summed E-state index contributed by atoms with van der Waals surface area (Å²) in [6, 6.07) is 8.14. The summed E-state index contributed by atoms with van der Waals surface area (Å²) in [7, 11) is 0. The summed E-state index contributed by atoms with van der Waals surface area (Å²) in [6.07, 6.45) is 3.20. The van der Waals surface area contributed by atoms with Crippen LogP contribution in [0.2, 0.25) is 0 Å². The standard InChI is InChI=1S/C23H34N4O2S/c1-3-4-8-24-23(30)27(10-5-9-26-11-13-29-14-12-26)17-20-16-19-7-6-18(2)15-21(19)25-22(20)28/h6-7,15-16H,3-5,8-14,17H2,1-2H3,(H,24,30)(H,25,28). The average Bonchev–Trinajstić information content (AvgIpc) is 2.74. The average molecular weight is 431 g/mol. The molecule has 1 saturated heterocycles. The zero-order valence-corrected chi connectivity index (χ0v) is 19.0. The number of ether oxygens (including phenoxy) is 1. The van der Waals surface area contributed by atoms with E-state index in [9.17, 15) is 4.79 Å². The van der Waals surface area contributed by atoms with E-state index >= 15 is 0 Å². The SMILES string of the molecule is CCCCNC(=S)N(CCCN1CCOCC1)Cc1cc2ccc(C)cc2[nH]c1=O. The number of fused-ring (bicyclic) bond motifs is 1. The number of aromatic amines is 1. The van der Waals surface area contributed by atoms with Gasteiger partial charge < -0.3 is 19.9 Å². The molecule has 1 aliphatic rings. The van der Waals surface area contributed by atoms with Gasteiger partial charge in [0.15, 0.2) is 5.11 Å². The van der Waals surface area contributed by atoms with Gasteiger partial charge >= 0.3 is 0 Å². The van der Waals surface area contributed by atoms with Gasteiger partial charge in [-0.05, 0) is 55.1 Å². The number of pyridine rings is 1. The fourth-order valence-corrected chi connectivity index (χ4v) is 3.99. The summed E-state index contributed by atoms with van der Waals surface area (Å²) in [5.74, 6) is 0. The molecular weight excluding hydrogens is 396 g/mol. The Morgan fingerprint density at radius 2 is 2.07 bits per heavy atom. The van der Waals surface area contributed by atoms with Gasteiger partial charge in [0.25, 0.3) is 5.56 Å². The summed E-state index contributed by atoms with van der Waals surface area (Å²) in [5.41, 5.74) is 2.73. The molecule has 7 heteroatoms. The lowest BCUT2D eigenvalue weighted by Gasteiger charge is -2.29. The zero-order valence-electron chi connectivity index (χ0n) is 18.2. The van der Waals surface area contributed by atoms with E-state index in [1.54, 1.807) is 0 Å². The molecule has 1 aliphatic heterocycles. The minimum atomic E-state index is -0.0392. The van der Waals surface area contributed by atoms with E-state index in [-0.39, 0.29) is 5.56 Å². The molecule has 0 saturated carbocycles. The largest absolute Gasteiger partial charge is 0.379 e. The molecule has 0 aliphatic carbocycles. The second-order valence-corrected chi connectivity index (χ2v) is 8.42. The van der Waals surface area contributed by atoms with Crippen LogP contribution in [0.25, 0.3) is 10.9 Å². The Labute approximate surface area is 184 Å². The third kappa shape index (κ3) is 6.52. The third-order valence-corrected chi connectivity index (χ3v) is 5.94. The van der Waals surface area contributed by atoms with Crippen LogP contribution in [0.4, 0.5) is 0 Å². The molecule has 1 aromatic carbocycles. The molecule has 0 radical (unpaired) electrons. The molecule has 0 bridgehead atoms. The topological polar surface area (TPSA) is 60.6 Å². The van der Waals surface area contributed by atoms with Crippen molar-refractivity contribution in [1.29, 1.82) is 0 Å². The smallest absolute Gasteiger partial charge is 0.253 e. The number of H-pyrrole nitrogens is 1. The van der Waals surface area contributed by atoms with Crippen LogP contribution in [0.5, 0.6) is 0 Å². The first-order valence-corrected chi connectivity index (χ1v) is 11.4. The van der Waals surface area contributed by atoms with Gasteiger partial charge in [0, 0.05) is 43.8 Å². The van der Waals surface area contributed by atoms with Gasteiger partial charge in [-0.2, -0.15) is 0 Å². The van der Waals surface area contributed by atoms with E-state index in [1.165, 1.54) is 0 Å². The molecule has 0 unspecified atom stereocenters. The van der Waals surface area contributed by atoms with Crippen molar-refractivity contribution < 1.29 is 4.74 Å². The molecular formula is C23H34N4O2S. The van der Waals surface area contributed by atoms with E-state index in [4.69, 9.17) is 17.0 Å². The predicted molar refractivity (Wildman–Crippen MR) is 127 cm³/mol. The van der Waals surface area contributed by atoms with Crippen LogP contribution in [0, 0.1) is 6.92 Å². The summed E-state index contributed by atoms with van der Waals surface area (Å²) in [6.45, 7) is 11.0. The van der Waals surface area contributed by atoms with E-state index in [0.29, 0.717) is 6.54 Å². The summed E-state index contributed by atoms with van der Waals surface area (Å²) < 4.78 is 5.43. The quantitative estimate of drug-likeness (QED) is 0.471. The molecule has 2 N–H and O–H groups in total. The Kier molecular flexibility index (Phi) is 8.66. The molecule has 6 nitrogen and oxygen atoms in total. The summed E-state index contributed by atoms with van der Waals surface area (Å²) in [5, 5.41) is 5.15. The van der Waals surface area contributed by atoms with Crippen LogP contribution in [0.15, 0.2) is 29.1 Å². The van der Waals surface area contributed by atoms with Crippen molar-refractivity contribution in [3.05, 3.63) is 45.7 Å². The minimum absolute atomic E-state index is 0.0392. The fraction of sp³-hybridized carbons (Fsp3) is 0.565. The molecule has 0 atom stereocenters. The van der Waals surface area contributed by atoms with Crippen LogP contribution in [-0.2, 0) is 11.3 Å². The number of morpholine rings is 1. The number of thiocarbonyl (C=S) groups is 1. The molecule has 3 rings (SSSR count). The number of rotatable bonds is 9.